The smallest absolute Gasteiger partial charge is 0.303 e. The minimum absolute atomic E-state index is 0.256. The van der Waals surface area contributed by atoms with Crippen LogP contribution < -0.4 is 5.32 Å². The number of carboxylic acids is 1. The predicted octanol–water partition coefficient (Wildman–Crippen LogP) is 3.85. The van der Waals surface area contributed by atoms with E-state index < -0.39 is 5.97 Å². The van der Waals surface area contributed by atoms with Crippen molar-refractivity contribution in [1.29, 1.82) is 0 Å². The molecule has 0 bridgehead atoms. The Morgan fingerprint density at radius 3 is 2.50 bits per heavy atom. The molecule has 1 rings (SSSR count). The maximum atomic E-state index is 10.3. The number of rotatable bonds is 8. The fourth-order valence-corrected chi connectivity index (χ4v) is 2.40. The lowest BCUT2D eigenvalue weighted by atomic mass is 10.2. The van der Waals surface area contributed by atoms with Gasteiger partial charge >= 0.3 is 5.97 Å². The van der Waals surface area contributed by atoms with E-state index in [2.05, 4.69) is 43.4 Å². The van der Waals surface area contributed by atoms with E-state index in [1.54, 1.807) is 0 Å². The number of nitrogens with one attached hydrogen (secondary N) is 1. The summed E-state index contributed by atoms with van der Waals surface area (Å²) in [5.74, 6) is -0.718. The summed E-state index contributed by atoms with van der Waals surface area (Å²) in [6, 6.07) is 8.37. The van der Waals surface area contributed by atoms with Gasteiger partial charge in [0.15, 0.2) is 0 Å². The van der Waals surface area contributed by atoms with Gasteiger partial charge in [0.25, 0.3) is 0 Å². The Labute approximate surface area is 113 Å². The van der Waals surface area contributed by atoms with Crippen LogP contribution in [0.3, 0.4) is 0 Å². The summed E-state index contributed by atoms with van der Waals surface area (Å²) >= 11 is 1.85. The van der Waals surface area contributed by atoms with Crippen LogP contribution in [0.5, 0.6) is 0 Å². The van der Waals surface area contributed by atoms with Gasteiger partial charge in [-0.15, -0.1) is 11.8 Å². The van der Waals surface area contributed by atoms with Gasteiger partial charge in [-0.3, -0.25) is 4.79 Å². The monoisotopic (exact) mass is 267 g/mol. The minimum atomic E-state index is -0.718. The van der Waals surface area contributed by atoms with Crippen molar-refractivity contribution in [1.82, 2.24) is 0 Å². The van der Waals surface area contributed by atoms with Crippen molar-refractivity contribution in [2.45, 2.75) is 43.3 Å². The first-order chi connectivity index (χ1) is 8.58. The lowest BCUT2D eigenvalue weighted by molar-refractivity contribution is -0.137. The van der Waals surface area contributed by atoms with E-state index in [0.29, 0.717) is 5.25 Å². The summed E-state index contributed by atoms with van der Waals surface area (Å²) in [6.07, 6.45) is 1.87. The quantitative estimate of drug-likeness (QED) is 0.555. The Bertz CT molecular complexity index is 363. The second-order valence-corrected chi connectivity index (χ2v) is 6.12. The molecule has 0 saturated carbocycles. The molecule has 0 heterocycles. The third kappa shape index (κ3) is 6.55. The van der Waals surface area contributed by atoms with Gasteiger partial charge in [0.05, 0.1) is 0 Å². The van der Waals surface area contributed by atoms with Crippen LogP contribution in [0.2, 0.25) is 0 Å². The van der Waals surface area contributed by atoms with Crippen LogP contribution >= 0.6 is 11.8 Å². The molecule has 0 saturated heterocycles. The number of aliphatic carboxylic acids is 1. The molecule has 0 fully saturated rings. The zero-order valence-corrected chi connectivity index (χ0v) is 11.8. The van der Waals surface area contributed by atoms with Crippen LogP contribution in [0.25, 0.3) is 0 Å². The van der Waals surface area contributed by atoms with Crippen molar-refractivity contribution >= 4 is 23.4 Å². The molecule has 0 amide bonds. The molecule has 0 atom stereocenters. The van der Waals surface area contributed by atoms with Gasteiger partial charge < -0.3 is 10.4 Å². The third-order valence-electron chi connectivity index (χ3n) is 2.37. The lowest BCUT2D eigenvalue weighted by Gasteiger charge is -2.08. The Morgan fingerprint density at radius 2 is 1.94 bits per heavy atom. The largest absolute Gasteiger partial charge is 0.481 e. The Morgan fingerprint density at radius 1 is 1.28 bits per heavy atom. The van der Waals surface area contributed by atoms with Crippen molar-refractivity contribution in [2.75, 3.05) is 11.9 Å². The van der Waals surface area contributed by atoms with Crippen molar-refractivity contribution in [3.05, 3.63) is 24.3 Å². The first kappa shape index (κ1) is 14.9. The molecule has 1 aromatic carbocycles. The molecule has 18 heavy (non-hydrogen) atoms. The van der Waals surface area contributed by atoms with Crippen molar-refractivity contribution in [2.24, 2.45) is 0 Å². The third-order valence-corrected chi connectivity index (χ3v) is 3.39. The molecule has 0 aromatic heterocycles. The molecule has 0 aliphatic rings. The molecule has 0 unspecified atom stereocenters. The molecular formula is C14H21NO2S. The summed E-state index contributed by atoms with van der Waals surface area (Å²) in [5.41, 5.74) is 1.10. The Hall–Kier alpha value is -1.16. The van der Waals surface area contributed by atoms with Crippen LogP contribution in [0.1, 0.15) is 33.1 Å². The fourth-order valence-electron chi connectivity index (χ4n) is 1.56. The van der Waals surface area contributed by atoms with Crippen molar-refractivity contribution in [3.8, 4) is 0 Å². The van der Waals surface area contributed by atoms with Gasteiger partial charge in [0, 0.05) is 28.8 Å². The van der Waals surface area contributed by atoms with E-state index in [1.807, 2.05) is 11.8 Å². The highest BCUT2D eigenvalue weighted by Gasteiger charge is 1.99. The average molecular weight is 267 g/mol. The van der Waals surface area contributed by atoms with Gasteiger partial charge in [0.2, 0.25) is 0 Å². The summed E-state index contributed by atoms with van der Waals surface area (Å²) in [7, 11) is 0. The number of hydrogen-bond acceptors (Lipinski definition) is 3. The Kier molecular flexibility index (Phi) is 6.65. The zero-order valence-electron chi connectivity index (χ0n) is 11.0. The summed E-state index contributed by atoms with van der Waals surface area (Å²) in [6.45, 7) is 5.18. The van der Waals surface area contributed by atoms with E-state index in [0.717, 1.165) is 25.1 Å². The highest BCUT2D eigenvalue weighted by Crippen LogP contribution is 2.24. The SMILES string of the molecule is CC(C)Sc1ccc(NCCCCC(=O)O)cc1. The molecule has 2 N–H and O–H groups in total. The highest BCUT2D eigenvalue weighted by atomic mass is 32.2. The van der Waals surface area contributed by atoms with Crippen LogP contribution in [0.4, 0.5) is 5.69 Å². The molecule has 3 nitrogen and oxygen atoms in total. The second kappa shape index (κ2) is 8.03. The van der Waals surface area contributed by atoms with Crippen LogP contribution in [0.15, 0.2) is 29.2 Å². The minimum Gasteiger partial charge on any atom is -0.481 e. The van der Waals surface area contributed by atoms with Gasteiger partial charge in [-0.1, -0.05) is 13.8 Å². The molecule has 0 aliphatic carbocycles. The normalized spacial score (nSPS) is 10.6. The van der Waals surface area contributed by atoms with E-state index in [-0.39, 0.29) is 6.42 Å². The summed E-state index contributed by atoms with van der Waals surface area (Å²) in [5, 5.41) is 12.4. The van der Waals surface area contributed by atoms with Gasteiger partial charge in [0.1, 0.15) is 0 Å². The van der Waals surface area contributed by atoms with Crippen molar-refractivity contribution < 1.29 is 9.90 Å². The molecule has 0 spiro atoms. The topological polar surface area (TPSA) is 49.3 Å². The molecule has 0 aliphatic heterocycles. The number of carbonyl (C=O) groups is 1. The van der Waals surface area contributed by atoms with Gasteiger partial charge in [-0.05, 0) is 37.1 Å². The van der Waals surface area contributed by atoms with E-state index >= 15 is 0 Å². The maximum Gasteiger partial charge on any atom is 0.303 e. The fraction of sp³-hybridized carbons (Fsp3) is 0.500. The number of unbranched alkanes of at least 4 members (excludes halogenated alkanes) is 1. The molecule has 0 radical (unpaired) electrons. The number of benzene rings is 1. The van der Waals surface area contributed by atoms with Gasteiger partial charge in [-0.2, -0.15) is 0 Å². The summed E-state index contributed by atoms with van der Waals surface area (Å²) < 4.78 is 0. The number of thioether (sulfide) groups is 1. The van der Waals surface area contributed by atoms with Crippen LogP contribution in [-0.4, -0.2) is 22.9 Å². The van der Waals surface area contributed by atoms with Crippen LogP contribution in [-0.2, 0) is 4.79 Å². The lowest BCUT2D eigenvalue weighted by Crippen LogP contribution is -2.03. The summed E-state index contributed by atoms with van der Waals surface area (Å²) in [4.78, 5) is 11.6. The first-order valence-corrected chi connectivity index (χ1v) is 7.18. The maximum absolute atomic E-state index is 10.3. The average Bonchev–Trinajstić information content (AvgIpc) is 2.30. The van der Waals surface area contributed by atoms with Crippen LogP contribution in [0, 0.1) is 0 Å². The van der Waals surface area contributed by atoms with Crippen molar-refractivity contribution in [3.63, 3.8) is 0 Å². The van der Waals surface area contributed by atoms with E-state index in [9.17, 15) is 4.79 Å². The van der Waals surface area contributed by atoms with E-state index in [1.165, 1.54) is 4.90 Å². The molecule has 4 heteroatoms. The molecular weight excluding hydrogens is 246 g/mol. The standard InChI is InChI=1S/C14H21NO2S/c1-11(2)18-13-8-6-12(7-9-13)15-10-4-3-5-14(16)17/h6-9,11,15H,3-5,10H2,1-2H3,(H,16,17). The highest BCUT2D eigenvalue weighted by molar-refractivity contribution is 7.99. The Balaban J connectivity index is 2.24. The molecule has 1 aromatic rings. The van der Waals surface area contributed by atoms with Gasteiger partial charge in [-0.25, -0.2) is 0 Å². The predicted molar refractivity (Wildman–Crippen MR) is 77.4 cm³/mol. The van der Waals surface area contributed by atoms with E-state index in [4.69, 9.17) is 5.11 Å². The molecule has 100 valence electrons. The first-order valence-electron chi connectivity index (χ1n) is 6.30. The second-order valence-electron chi connectivity index (χ2n) is 4.47. The number of hydrogen-bond donors (Lipinski definition) is 2. The number of carboxylic acid groups (broad SMARTS) is 1. The zero-order chi connectivity index (χ0) is 13.4. The number of anilines is 1.